The number of halogens is 1. The van der Waals surface area contributed by atoms with Gasteiger partial charge in [0.05, 0.1) is 12.2 Å². The minimum Gasteiger partial charge on any atom is -0.369 e. The van der Waals surface area contributed by atoms with E-state index in [0.29, 0.717) is 6.10 Å². The van der Waals surface area contributed by atoms with Crippen LogP contribution >= 0.6 is 15.9 Å². The number of nitrogens with one attached hydrogen (secondary N) is 1. The first kappa shape index (κ1) is 17.0. The topological polar surface area (TPSA) is 21.3 Å². The lowest BCUT2D eigenvalue weighted by Crippen LogP contribution is -2.31. The molecule has 1 aliphatic carbocycles. The summed E-state index contributed by atoms with van der Waals surface area (Å²) in [4.78, 5) is 0. The molecule has 21 heavy (non-hydrogen) atoms. The van der Waals surface area contributed by atoms with Gasteiger partial charge in [-0.2, -0.15) is 0 Å². The molecule has 118 valence electrons. The Hall–Kier alpha value is -0.380. The number of hydrogen-bond acceptors (Lipinski definition) is 2. The van der Waals surface area contributed by atoms with E-state index in [1.807, 2.05) is 0 Å². The highest BCUT2D eigenvalue weighted by Crippen LogP contribution is 2.33. The number of hydrogen-bond donors (Lipinski definition) is 1. The fourth-order valence-corrected chi connectivity index (χ4v) is 3.68. The molecule has 2 rings (SSSR count). The van der Waals surface area contributed by atoms with Gasteiger partial charge in [-0.15, -0.1) is 0 Å². The molecule has 3 unspecified atom stereocenters. The molecule has 0 aliphatic heterocycles. The Morgan fingerprint density at radius 3 is 2.33 bits per heavy atom. The standard InChI is InChI=1S/C18H28BrNO/c1-4-20-12-18(15-5-7-16(19)8-6-15)21-17-10-13(2)9-14(3)11-17/h5-8,13-14,17-18,20H,4,9-12H2,1-3H3. The van der Waals surface area contributed by atoms with Crippen molar-refractivity contribution in [3.8, 4) is 0 Å². The molecule has 0 spiro atoms. The van der Waals surface area contributed by atoms with E-state index in [1.165, 1.54) is 24.8 Å². The summed E-state index contributed by atoms with van der Waals surface area (Å²) in [6.07, 6.45) is 4.29. The molecular formula is C18H28BrNO. The highest BCUT2D eigenvalue weighted by atomic mass is 79.9. The van der Waals surface area contributed by atoms with Crippen LogP contribution in [0.5, 0.6) is 0 Å². The van der Waals surface area contributed by atoms with Gasteiger partial charge >= 0.3 is 0 Å². The monoisotopic (exact) mass is 353 g/mol. The molecule has 0 bridgehead atoms. The molecule has 1 saturated carbocycles. The van der Waals surface area contributed by atoms with E-state index in [2.05, 4.69) is 66.3 Å². The van der Waals surface area contributed by atoms with E-state index in [9.17, 15) is 0 Å². The van der Waals surface area contributed by atoms with Crippen molar-refractivity contribution in [2.75, 3.05) is 13.1 Å². The van der Waals surface area contributed by atoms with Gasteiger partial charge in [0, 0.05) is 11.0 Å². The summed E-state index contributed by atoms with van der Waals surface area (Å²) in [5, 5.41) is 3.44. The van der Waals surface area contributed by atoms with Gasteiger partial charge in [0.2, 0.25) is 0 Å². The van der Waals surface area contributed by atoms with E-state index < -0.39 is 0 Å². The second-order valence-electron chi connectivity index (χ2n) is 6.52. The van der Waals surface area contributed by atoms with E-state index in [4.69, 9.17) is 4.74 Å². The van der Waals surface area contributed by atoms with Gasteiger partial charge in [0.15, 0.2) is 0 Å². The minimum absolute atomic E-state index is 0.153. The van der Waals surface area contributed by atoms with Crippen molar-refractivity contribution in [3.05, 3.63) is 34.3 Å². The largest absolute Gasteiger partial charge is 0.369 e. The van der Waals surface area contributed by atoms with Crippen molar-refractivity contribution in [2.45, 2.75) is 52.2 Å². The van der Waals surface area contributed by atoms with Gasteiger partial charge in [0.1, 0.15) is 0 Å². The van der Waals surface area contributed by atoms with Gasteiger partial charge in [0.25, 0.3) is 0 Å². The van der Waals surface area contributed by atoms with Crippen LogP contribution in [0.2, 0.25) is 0 Å². The predicted molar refractivity (Wildman–Crippen MR) is 92.5 cm³/mol. The molecule has 1 aromatic rings. The van der Waals surface area contributed by atoms with E-state index >= 15 is 0 Å². The fraction of sp³-hybridized carbons (Fsp3) is 0.667. The van der Waals surface area contributed by atoms with Crippen LogP contribution < -0.4 is 5.32 Å². The Morgan fingerprint density at radius 2 is 1.76 bits per heavy atom. The molecule has 0 radical (unpaired) electrons. The van der Waals surface area contributed by atoms with E-state index in [0.717, 1.165) is 29.4 Å². The zero-order valence-corrected chi connectivity index (χ0v) is 15.0. The van der Waals surface area contributed by atoms with Crippen LogP contribution in [0.1, 0.15) is 51.7 Å². The third kappa shape index (κ3) is 5.39. The maximum Gasteiger partial charge on any atom is 0.0952 e. The van der Waals surface area contributed by atoms with Crippen molar-refractivity contribution in [2.24, 2.45) is 11.8 Å². The molecule has 3 heteroatoms. The highest BCUT2D eigenvalue weighted by molar-refractivity contribution is 9.10. The molecule has 0 saturated heterocycles. The maximum atomic E-state index is 6.48. The molecule has 1 N–H and O–H groups in total. The molecule has 1 aliphatic rings. The van der Waals surface area contributed by atoms with Gasteiger partial charge in [-0.3, -0.25) is 0 Å². The highest BCUT2D eigenvalue weighted by Gasteiger charge is 2.27. The van der Waals surface area contributed by atoms with Gasteiger partial charge < -0.3 is 10.1 Å². The smallest absolute Gasteiger partial charge is 0.0952 e. The molecule has 0 heterocycles. The van der Waals surface area contributed by atoms with Crippen LogP contribution in [0, 0.1) is 11.8 Å². The minimum atomic E-state index is 0.153. The Balaban J connectivity index is 2.03. The number of rotatable bonds is 6. The van der Waals surface area contributed by atoms with E-state index in [-0.39, 0.29) is 6.10 Å². The summed E-state index contributed by atoms with van der Waals surface area (Å²) < 4.78 is 7.60. The second-order valence-corrected chi connectivity index (χ2v) is 7.44. The zero-order chi connectivity index (χ0) is 15.2. The maximum absolute atomic E-state index is 6.48. The van der Waals surface area contributed by atoms with Gasteiger partial charge in [-0.25, -0.2) is 0 Å². The third-order valence-electron chi connectivity index (χ3n) is 4.31. The summed E-state index contributed by atoms with van der Waals surface area (Å²) in [6, 6.07) is 8.54. The number of ether oxygens (including phenoxy) is 1. The first-order chi connectivity index (χ1) is 10.1. The van der Waals surface area contributed by atoms with Crippen molar-refractivity contribution in [1.29, 1.82) is 0 Å². The Morgan fingerprint density at radius 1 is 1.14 bits per heavy atom. The summed E-state index contributed by atoms with van der Waals surface area (Å²) in [5.41, 5.74) is 1.27. The average molecular weight is 354 g/mol. The van der Waals surface area contributed by atoms with Crippen molar-refractivity contribution in [1.82, 2.24) is 5.32 Å². The third-order valence-corrected chi connectivity index (χ3v) is 4.84. The van der Waals surface area contributed by atoms with Crippen molar-refractivity contribution in [3.63, 3.8) is 0 Å². The first-order valence-electron chi connectivity index (χ1n) is 8.20. The molecule has 1 aromatic carbocycles. The lowest BCUT2D eigenvalue weighted by molar-refractivity contribution is -0.0495. The molecule has 0 aromatic heterocycles. The SMILES string of the molecule is CCNCC(OC1CC(C)CC(C)C1)c1ccc(Br)cc1. The van der Waals surface area contributed by atoms with Crippen LogP contribution in [-0.2, 0) is 4.74 Å². The summed E-state index contributed by atoms with van der Waals surface area (Å²) in [6.45, 7) is 8.71. The Labute approximate surface area is 137 Å². The second kappa shape index (κ2) is 8.30. The number of benzene rings is 1. The molecule has 1 fully saturated rings. The lowest BCUT2D eigenvalue weighted by atomic mass is 9.81. The zero-order valence-electron chi connectivity index (χ0n) is 13.4. The Bertz CT molecular complexity index is 410. The van der Waals surface area contributed by atoms with Gasteiger partial charge in [-0.05, 0) is 55.3 Å². The fourth-order valence-electron chi connectivity index (χ4n) is 3.41. The quantitative estimate of drug-likeness (QED) is 0.781. The van der Waals surface area contributed by atoms with Gasteiger partial charge in [-0.1, -0.05) is 48.8 Å². The molecular weight excluding hydrogens is 326 g/mol. The van der Waals surface area contributed by atoms with E-state index in [1.54, 1.807) is 0 Å². The number of likely N-dealkylation sites (N-methyl/N-ethyl adjacent to an activating group) is 1. The van der Waals surface area contributed by atoms with Crippen molar-refractivity contribution < 1.29 is 4.74 Å². The van der Waals surface area contributed by atoms with Crippen LogP contribution in [0.15, 0.2) is 28.7 Å². The molecule has 3 atom stereocenters. The van der Waals surface area contributed by atoms with Crippen LogP contribution in [0.3, 0.4) is 0 Å². The first-order valence-corrected chi connectivity index (χ1v) is 8.99. The predicted octanol–water partition coefficient (Wildman–Crippen LogP) is 4.94. The Kier molecular flexibility index (Phi) is 6.72. The molecule has 2 nitrogen and oxygen atoms in total. The summed E-state index contributed by atoms with van der Waals surface area (Å²) in [7, 11) is 0. The van der Waals surface area contributed by atoms with Crippen LogP contribution in [-0.4, -0.2) is 19.2 Å². The summed E-state index contributed by atoms with van der Waals surface area (Å²) >= 11 is 3.51. The van der Waals surface area contributed by atoms with Crippen LogP contribution in [0.4, 0.5) is 0 Å². The van der Waals surface area contributed by atoms with Crippen LogP contribution in [0.25, 0.3) is 0 Å². The van der Waals surface area contributed by atoms with Crippen molar-refractivity contribution >= 4 is 15.9 Å². The normalized spacial score (nSPS) is 27.5. The molecule has 0 amide bonds. The summed E-state index contributed by atoms with van der Waals surface area (Å²) in [5.74, 6) is 1.56. The lowest BCUT2D eigenvalue weighted by Gasteiger charge is -2.34. The average Bonchev–Trinajstić information content (AvgIpc) is 2.43.